The number of sulfonamides is 2. The molecule has 6 rings (SSSR count). The lowest BCUT2D eigenvalue weighted by molar-refractivity contribution is 0.483. The maximum Gasteiger partial charge on any atom is 0.363 e. The molecule has 0 bridgehead atoms. The molecule has 0 unspecified atom stereocenters. The molecule has 0 saturated carbocycles. The van der Waals surface area contributed by atoms with Gasteiger partial charge in [0.25, 0.3) is 10.1 Å². The van der Waals surface area contributed by atoms with E-state index in [-0.39, 0.29) is 20.2 Å². The summed E-state index contributed by atoms with van der Waals surface area (Å²) in [7, 11) is -12.3. The number of anilines is 4. The van der Waals surface area contributed by atoms with Crippen LogP contribution < -0.4 is 20.9 Å². The van der Waals surface area contributed by atoms with E-state index in [4.69, 9.17) is 14.7 Å². The number of primary sulfonamides is 2. The molecule has 0 radical (unpaired) electrons. The van der Waals surface area contributed by atoms with Crippen LogP contribution in [0.15, 0.2) is 128 Å². The van der Waals surface area contributed by atoms with Crippen molar-refractivity contribution in [1.29, 1.82) is 0 Å². The van der Waals surface area contributed by atoms with Crippen LogP contribution in [0.3, 0.4) is 0 Å². The zero-order valence-corrected chi connectivity index (χ0v) is 26.0. The smallest absolute Gasteiger partial charge is 0.355 e. The van der Waals surface area contributed by atoms with E-state index in [0.717, 1.165) is 0 Å². The predicted octanol–water partition coefficient (Wildman–Crippen LogP) is 5.56. The quantitative estimate of drug-likeness (QED) is 0.0769. The minimum atomic E-state index is -4.60. The fourth-order valence-corrected chi connectivity index (χ4v) is 6.75. The molecule has 46 heavy (non-hydrogen) atoms. The van der Waals surface area contributed by atoms with Gasteiger partial charge in [0.1, 0.15) is 4.90 Å². The summed E-state index contributed by atoms with van der Waals surface area (Å²) < 4.78 is 87.7. The van der Waals surface area contributed by atoms with Crippen molar-refractivity contribution in [3.8, 4) is 11.1 Å². The number of fused-ring (bicyclic) bond motifs is 2. The third-order valence-corrected chi connectivity index (χ3v) is 9.87. The van der Waals surface area contributed by atoms with E-state index in [1.165, 1.54) is 36.4 Å². The summed E-state index contributed by atoms with van der Waals surface area (Å²) in [5.74, 6) is 0. The largest absolute Gasteiger partial charge is 0.363 e. The zero-order chi connectivity index (χ0) is 32.9. The lowest BCUT2D eigenvalue weighted by atomic mass is 9.96. The van der Waals surface area contributed by atoms with Crippen LogP contribution in [0.2, 0.25) is 0 Å². The first-order chi connectivity index (χ1) is 21.7. The van der Waals surface area contributed by atoms with Crippen molar-refractivity contribution in [1.82, 2.24) is 0 Å². The molecular weight excluding hydrogens is 653 g/mol. The number of nitrogens with one attached hydrogen (secondary N) is 2. The van der Waals surface area contributed by atoms with Gasteiger partial charge in [-0.05, 0) is 78.9 Å². The second kappa shape index (κ2) is 11.5. The Morgan fingerprint density at radius 1 is 0.543 bits per heavy atom. The van der Waals surface area contributed by atoms with Gasteiger partial charge in [0.2, 0.25) is 20.0 Å². The van der Waals surface area contributed by atoms with E-state index in [1.54, 1.807) is 72.8 Å². The van der Waals surface area contributed by atoms with Crippen LogP contribution >= 0.6 is 0 Å². The Balaban J connectivity index is 1.49. The highest BCUT2D eigenvalue weighted by Gasteiger charge is 2.26. The van der Waals surface area contributed by atoms with Gasteiger partial charge in [-0.1, -0.05) is 18.2 Å². The number of hydrogen-bond acceptors (Lipinski definition) is 8. The molecule has 1 aromatic heterocycles. The Labute approximate surface area is 264 Å². The Hall–Kier alpha value is -4.90. The van der Waals surface area contributed by atoms with Crippen LogP contribution in [-0.2, 0) is 30.2 Å². The number of rotatable bonds is 8. The molecule has 12 nitrogen and oxygen atoms in total. The molecule has 0 spiro atoms. The van der Waals surface area contributed by atoms with Gasteiger partial charge in [-0.3, -0.25) is 4.55 Å². The molecular formula is C31H25N4O8S3+. The predicted molar refractivity (Wildman–Crippen MR) is 176 cm³/mol. The molecule has 234 valence electrons. The molecule has 6 aromatic rings. The van der Waals surface area contributed by atoms with Gasteiger partial charge in [-0.25, -0.2) is 31.5 Å². The van der Waals surface area contributed by atoms with Gasteiger partial charge in [-0.2, -0.15) is 8.42 Å². The van der Waals surface area contributed by atoms with Gasteiger partial charge < -0.3 is 10.6 Å². The van der Waals surface area contributed by atoms with Crippen molar-refractivity contribution in [3.05, 3.63) is 109 Å². The minimum Gasteiger partial charge on any atom is -0.355 e. The van der Waals surface area contributed by atoms with Crippen molar-refractivity contribution in [2.75, 3.05) is 10.6 Å². The first-order valence-electron chi connectivity index (χ1n) is 13.4. The molecule has 7 N–H and O–H groups in total. The minimum absolute atomic E-state index is 0.0371. The number of hydrogen-bond donors (Lipinski definition) is 5. The molecule has 0 aliphatic rings. The van der Waals surface area contributed by atoms with E-state index in [2.05, 4.69) is 10.6 Å². The standard InChI is InChI=1S/C31H24N4O8S3/c32-44(36,37)23-11-5-19(6-12-23)34-21-9-15-25-28(17-21)43-29-18-22(35-20-7-13-24(14-8-20)45(33,38)39)10-16-26(29)31(25)27-3-1-2-4-30(27)46(40,41)42/h1-18,34-35H,(H4-,32,33,36,37,38,39,40,41,42)/p+1. The Morgan fingerprint density at radius 3 is 1.37 bits per heavy atom. The molecule has 15 heteroatoms. The molecule has 5 aromatic carbocycles. The summed E-state index contributed by atoms with van der Waals surface area (Å²) in [6, 6.07) is 28.2. The summed E-state index contributed by atoms with van der Waals surface area (Å²) in [6.45, 7) is 0. The SMILES string of the molecule is NS(=O)(=O)c1ccc(Nc2ccc3c(-c4ccccc4S(=O)(=O)O)c4ccc(Nc5ccc(S(N)(=O)=O)cc5)cc4[o+]c3c2)cc1. The van der Waals surface area contributed by atoms with Crippen LogP contribution in [0.25, 0.3) is 33.1 Å². The van der Waals surface area contributed by atoms with Crippen molar-refractivity contribution >= 4 is 74.9 Å². The van der Waals surface area contributed by atoms with Crippen molar-refractivity contribution in [2.45, 2.75) is 14.7 Å². The molecule has 0 amide bonds. The highest BCUT2D eigenvalue weighted by molar-refractivity contribution is 7.89. The van der Waals surface area contributed by atoms with Gasteiger partial charge in [0.15, 0.2) is 0 Å². The first kappa shape index (κ1) is 31.1. The van der Waals surface area contributed by atoms with Crippen molar-refractivity contribution < 1.29 is 34.2 Å². The van der Waals surface area contributed by atoms with E-state index in [1.807, 2.05) is 0 Å². The summed E-state index contributed by atoms with van der Waals surface area (Å²) in [6.07, 6.45) is 0. The van der Waals surface area contributed by atoms with Gasteiger partial charge in [0, 0.05) is 33.9 Å². The summed E-state index contributed by atoms with van der Waals surface area (Å²) in [5, 5.41) is 17.9. The normalized spacial score (nSPS) is 12.3. The first-order valence-corrected chi connectivity index (χ1v) is 17.9. The van der Waals surface area contributed by atoms with E-state index in [9.17, 15) is 29.8 Å². The Bertz CT molecular complexity index is 2350. The fraction of sp³-hybridized carbons (Fsp3) is 0. The Kier molecular flexibility index (Phi) is 7.76. The summed E-state index contributed by atoms with van der Waals surface area (Å²) in [5.41, 5.74) is 3.80. The summed E-state index contributed by atoms with van der Waals surface area (Å²) in [4.78, 5) is -0.354. The van der Waals surface area contributed by atoms with Crippen LogP contribution in [-0.4, -0.2) is 29.8 Å². The molecule has 0 aliphatic heterocycles. The lowest BCUT2D eigenvalue weighted by Gasteiger charge is -2.12. The maximum atomic E-state index is 12.4. The molecule has 0 atom stereocenters. The van der Waals surface area contributed by atoms with Crippen molar-refractivity contribution in [2.24, 2.45) is 10.3 Å². The number of nitrogens with two attached hydrogens (primary N) is 2. The molecule has 1 heterocycles. The average molecular weight is 678 g/mol. The summed E-state index contributed by atoms with van der Waals surface area (Å²) >= 11 is 0. The van der Waals surface area contributed by atoms with Crippen LogP contribution in [0, 0.1) is 0 Å². The van der Waals surface area contributed by atoms with Crippen LogP contribution in [0.4, 0.5) is 22.7 Å². The monoisotopic (exact) mass is 677 g/mol. The number of benzene rings is 5. The molecule has 0 saturated heterocycles. The Morgan fingerprint density at radius 2 is 0.957 bits per heavy atom. The van der Waals surface area contributed by atoms with Crippen LogP contribution in [0.1, 0.15) is 0 Å². The van der Waals surface area contributed by atoms with Gasteiger partial charge in [0.05, 0.1) is 32.7 Å². The lowest BCUT2D eigenvalue weighted by Crippen LogP contribution is -2.11. The van der Waals surface area contributed by atoms with Crippen LogP contribution in [0.5, 0.6) is 0 Å². The third kappa shape index (κ3) is 6.41. The zero-order valence-electron chi connectivity index (χ0n) is 23.6. The second-order valence-corrected chi connectivity index (χ2v) is 14.8. The van der Waals surface area contributed by atoms with E-state index >= 15 is 0 Å². The van der Waals surface area contributed by atoms with Gasteiger partial charge >= 0.3 is 11.2 Å². The maximum absolute atomic E-state index is 12.4. The second-order valence-electron chi connectivity index (χ2n) is 10.3. The average Bonchev–Trinajstić information content (AvgIpc) is 2.99. The van der Waals surface area contributed by atoms with Gasteiger partial charge in [-0.15, -0.1) is 0 Å². The fourth-order valence-electron chi connectivity index (χ4n) is 5.02. The van der Waals surface area contributed by atoms with Crippen molar-refractivity contribution in [3.63, 3.8) is 0 Å². The topological polar surface area (TPSA) is 210 Å². The molecule has 0 aliphatic carbocycles. The van der Waals surface area contributed by atoms with E-state index < -0.39 is 30.2 Å². The van der Waals surface area contributed by atoms with E-state index in [0.29, 0.717) is 50.3 Å². The highest BCUT2D eigenvalue weighted by atomic mass is 32.2. The molecule has 0 fully saturated rings. The highest BCUT2D eigenvalue weighted by Crippen LogP contribution is 2.41. The third-order valence-electron chi connectivity index (χ3n) is 7.10.